The number of hydrogen-bond acceptors (Lipinski definition) is 11. The number of anilines is 3. The van der Waals surface area contributed by atoms with Crippen LogP contribution in [0.3, 0.4) is 0 Å². The van der Waals surface area contributed by atoms with Gasteiger partial charge >= 0.3 is 0 Å². The molecule has 0 aliphatic rings. The van der Waals surface area contributed by atoms with Crippen LogP contribution in [-0.2, 0) is 0 Å². The van der Waals surface area contributed by atoms with Gasteiger partial charge in [0.05, 0.1) is 17.1 Å². The van der Waals surface area contributed by atoms with Crippen LogP contribution < -0.4 is 4.90 Å². The van der Waals surface area contributed by atoms with Crippen LogP contribution in [0.2, 0.25) is 0 Å². The number of fused-ring (bicyclic) bond motifs is 5. The smallest absolute Gasteiger partial charge is 0.159 e. The minimum Gasteiger partial charge on any atom is -0.456 e. The monoisotopic (exact) mass is 689 g/mol. The van der Waals surface area contributed by atoms with E-state index in [1.54, 1.807) is 0 Å². The van der Waals surface area contributed by atoms with Gasteiger partial charge in [0.2, 0.25) is 0 Å². The highest BCUT2D eigenvalue weighted by Crippen LogP contribution is 2.46. The maximum atomic E-state index is 6.11. The van der Waals surface area contributed by atoms with Gasteiger partial charge in [-0.25, -0.2) is 13.9 Å². The third-order valence-corrected chi connectivity index (χ3v) is 9.74. The van der Waals surface area contributed by atoms with E-state index < -0.39 is 0 Å². The van der Waals surface area contributed by atoms with E-state index in [9.17, 15) is 0 Å². The Morgan fingerprint density at radius 1 is 0.377 bits per heavy atom. The number of benzene rings is 7. The van der Waals surface area contributed by atoms with Gasteiger partial charge in [-0.1, -0.05) is 84.9 Å². The fourth-order valence-corrected chi connectivity index (χ4v) is 7.19. The van der Waals surface area contributed by atoms with Gasteiger partial charge in [-0.3, -0.25) is 0 Å². The zero-order chi connectivity index (χ0) is 34.9. The summed E-state index contributed by atoms with van der Waals surface area (Å²) >= 11 is 0. The first-order valence-corrected chi connectivity index (χ1v) is 16.9. The average molecular weight is 690 g/mol. The average Bonchev–Trinajstić information content (AvgIpc) is 4.05. The van der Waals surface area contributed by atoms with Crippen LogP contribution in [0.4, 0.5) is 17.1 Å². The molecule has 11 aromatic rings. The summed E-state index contributed by atoms with van der Waals surface area (Å²) in [6.45, 7) is 0. The predicted molar refractivity (Wildman–Crippen MR) is 201 cm³/mol. The van der Waals surface area contributed by atoms with Crippen molar-refractivity contribution >= 4 is 71.9 Å². The molecule has 11 nitrogen and oxygen atoms in total. The molecule has 0 radical (unpaired) electrons. The highest BCUT2D eigenvalue weighted by Gasteiger charge is 2.27. The van der Waals surface area contributed by atoms with Crippen LogP contribution >= 0.6 is 0 Å². The molecule has 7 aromatic carbocycles. The van der Waals surface area contributed by atoms with Gasteiger partial charge in [-0.05, 0) is 107 Å². The van der Waals surface area contributed by atoms with E-state index >= 15 is 0 Å². The van der Waals surface area contributed by atoms with Gasteiger partial charge in [0.1, 0.15) is 27.9 Å². The van der Waals surface area contributed by atoms with Crippen LogP contribution in [0, 0.1) is 0 Å². The second kappa shape index (κ2) is 11.4. The molecule has 11 heteroatoms. The molecule has 4 heterocycles. The van der Waals surface area contributed by atoms with Gasteiger partial charge in [0.25, 0.3) is 0 Å². The number of rotatable bonds is 6. The summed E-state index contributed by atoms with van der Waals surface area (Å²) in [6.07, 6.45) is 0. The van der Waals surface area contributed by atoms with Crippen molar-refractivity contribution in [2.75, 3.05) is 4.90 Å². The van der Waals surface area contributed by atoms with Gasteiger partial charge < -0.3 is 9.32 Å². The molecule has 250 valence electrons. The Kier molecular flexibility index (Phi) is 6.28. The Hall–Kier alpha value is -7.66. The van der Waals surface area contributed by atoms with Crippen LogP contribution in [-0.4, -0.2) is 30.9 Å². The molecule has 0 spiro atoms. The van der Waals surface area contributed by atoms with E-state index in [1.807, 2.05) is 114 Å². The topological polar surface area (TPSA) is 133 Å². The van der Waals surface area contributed by atoms with Gasteiger partial charge in [-0.2, -0.15) is 0 Å². The van der Waals surface area contributed by atoms with Gasteiger partial charge in [-0.15, -0.1) is 0 Å². The zero-order valence-corrected chi connectivity index (χ0v) is 27.5. The maximum absolute atomic E-state index is 6.11. The second-order valence-corrected chi connectivity index (χ2v) is 12.7. The lowest BCUT2D eigenvalue weighted by Crippen LogP contribution is -2.12. The number of furan rings is 1. The Morgan fingerprint density at radius 3 is 1.72 bits per heavy atom. The predicted octanol–water partition coefficient (Wildman–Crippen LogP) is 10.7. The molecule has 0 atom stereocenters. The van der Waals surface area contributed by atoms with Crippen molar-refractivity contribution in [2.24, 2.45) is 0 Å². The van der Waals surface area contributed by atoms with E-state index in [0.717, 1.165) is 55.3 Å². The van der Waals surface area contributed by atoms with E-state index in [-0.39, 0.29) is 0 Å². The molecule has 0 N–H and O–H groups in total. The summed E-state index contributed by atoms with van der Waals surface area (Å²) in [6, 6.07) is 46.4. The molecule has 0 fully saturated rings. The van der Waals surface area contributed by atoms with Crippen molar-refractivity contribution in [3.63, 3.8) is 0 Å². The van der Waals surface area contributed by atoms with Crippen LogP contribution in [0.25, 0.3) is 88.4 Å². The highest BCUT2D eigenvalue weighted by molar-refractivity contribution is 6.09. The fourth-order valence-electron chi connectivity index (χ4n) is 7.19. The summed E-state index contributed by atoms with van der Waals surface area (Å²) in [4.78, 5) is 1.99. The van der Waals surface area contributed by atoms with E-state index in [2.05, 4.69) is 61.3 Å². The number of para-hydroxylation sites is 1. The van der Waals surface area contributed by atoms with Crippen molar-refractivity contribution in [2.45, 2.75) is 0 Å². The van der Waals surface area contributed by atoms with Crippen molar-refractivity contribution in [3.8, 4) is 33.6 Å². The summed E-state index contributed by atoms with van der Waals surface area (Å²) < 4.78 is 22.2. The lowest BCUT2D eigenvalue weighted by molar-refractivity contribution is 0.315. The summed E-state index contributed by atoms with van der Waals surface area (Å²) in [5.41, 5.74) is 10.9. The first-order chi connectivity index (χ1) is 26.3. The molecule has 0 amide bonds. The number of nitrogens with zero attached hydrogens (tertiary/aromatic N) is 7. The number of hydrogen-bond donors (Lipinski definition) is 0. The first kappa shape index (κ1) is 29.1. The molecule has 0 saturated heterocycles. The molecule has 4 aromatic heterocycles. The standard InChI is InChI=1S/C42H23N7O4/c1-2-7-27-22-28(17-12-24(27)6-1)31-19-21-35(42-39(31)45-53-48-42)49(33-10-5-9-32-40(33)46-51-43-32)34-20-18-30(38-41(34)47-52-44-38)25-13-15-26(16-14-25)37-23-29-8-3-4-11-36(29)50-37/h1-23H. The van der Waals surface area contributed by atoms with Crippen molar-refractivity contribution in [1.29, 1.82) is 0 Å². The van der Waals surface area contributed by atoms with Crippen LogP contribution in [0.1, 0.15) is 0 Å². The summed E-state index contributed by atoms with van der Waals surface area (Å²) in [5.74, 6) is 0.800. The molecule has 0 bridgehead atoms. The second-order valence-electron chi connectivity index (χ2n) is 12.7. The quantitative estimate of drug-likeness (QED) is 0.165. The Balaban J connectivity index is 1.06. The van der Waals surface area contributed by atoms with Gasteiger partial charge in [0, 0.05) is 22.1 Å². The third kappa shape index (κ3) is 4.61. The molecule has 11 rings (SSSR count). The van der Waals surface area contributed by atoms with Crippen LogP contribution in [0.5, 0.6) is 0 Å². The minimum atomic E-state index is 0.528. The molecule has 0 unspecified atom stereocenters. The van der Waals surface area contributed by atoms with Crippen molar-refractivity contribution < 1.29 is 18.3 Å². The highest BCUT2D eigenvalue weighted by atomic mass is 16.6. The molecule has 0 aliphatic heterocycles. The lowest BCUT2D eigenvalue weighted by Gasteiger charge is -2.25. The normalized spacial score (nSPS) is 11.8. The number of aromatic nitrogens is 6. The molecular weight excluding hydrogens is 667 g/mol. The maximum Gasteiger partial charge on any atom is 0.159 e. The molecular formula is C42H23N7O4. The largest absolute Gasteiger partial charge is 0.456 e. The van der Waals surface area contributed by atoms with Gasteiger partial charge in [0.15, 0.2) is 16.6 Å². The minimum absolute atomic E-state index is 0.528. The Bertz CT molecular complexity index is 3130. The summed E-state index contributed by atoms with van der Waals surface area (Å²) in [5, 5.41) is 29.4. The van der Waals surface area contributed by atoms with E-state index in [4.69, 9.17) is 18.3 Å². The summed E-state index contributed by atoms with van der Waals surface area (Å²) in [7, 11) is 0. The molecule has 53 heavy (non-hydrogen) atoms. The SMILES string of the molecule is c1ccc2cc(-c3ccc(N(c4cccc5nonc45)c4ccc(-c5ccc(-c6cc7ccccc7o6)cc5)c5nonc45)c4nonc34)ccc2c1. The van der Waals surface area contributed by atoms with E-state index in [0.29, 0.717) is 50.2 Å². The molecule has 0 aliphatic carbocycles. The van der Waals surface area contributed by atoms with E-state index in [1.165, 1.54) is 0 Å². The fraction of sp³-hybridized carbons (Fsp3) is 0. The Labute approximate surface area is 298 Å². The zero-order valence-electron chi connectivity index (χ0n) is 27.5. The Morgan fingerprint density at radius 2 is 0.962 bits per heavy atom. The van der Waals surface area contributed by atoms with Crippen molar-refractivity contribution in [1.82, 2.24) is 30.9 Å². The molecule has 0 saturated carbocycles. The van der Waals surface area contributed by atoms with Crippen LogP contribution in [0.15, 0.2) is 158 Å². The van der Waals surface area contributed by atoms with Crippen molar-refractivity contribution in [3.05, 3.63) is 140 Å². The third-order valence-electron chi connectivity index (χ3n) is 9.74. The first-order valence-electron chi connectivity index (χ1n) is 16.9. The lowest BCUT2D eigenvalue weighted by atomic mass is 9.98.